The van der Waals surface area contributed by atoms with Crippen LogP contribution in [0.3, 0.4) is 0 Å². The molecule has 1 fully saturated rings. The van der Waals surface area contributed by atoms with Crippen molar-refractivity contribution < 1.29 is 23.5 Å². The Bertz CT molecular complexity index is 1130. The van der Waals surface area contributed by atoms with Gasteiger partial charge in [0, 0.05) is 18.4 Å². The SMILES string of the molecule is O=C(NC(COc1ccccc1F)c1ccccc1)c1cccc(N2C(=O)CCC2=O)c1. The van der Waals surface area contributed by atoms with Gasteiger partial charge >= 0.3 is 0 Å². The third-order valence-electron chi connectivity index (χ3n) is 5.17. The van der Waals surface area contributed by atoms with Crippen LogP contribution in [0.25, 0.3) is 0 Å². The average molecular weight is 432 g/mol. The number of anilines is 1. The van der Waals surface area contributed by atoms with Gasteiger partial charge in [-0.3, -0.25) is 19.3 Å². The summed E-state index contributed by atoms with van der Waals surface area (Å²) in [7, 11) is 0. The van der Waals surface area contributed by atoms with Crippen LogP contribution in [0.15, 0.2) is 78.9 Å². The second-order valence-electron chi connectivity index (χ2n) is 7.35. The molecule has 0 spiro atoms. The van der Waals surface area contributed by atoms with Crippen LogP contribution in [0, 0.1) is 5.82 Å². The van der Waals surface area contributed by atoms with Crippen molar-refractivity contribution in [2.45, 2.75) is 18.9 Å². The lowest BCUT2D eigenvalue weighted by Gasteiger charge is -2.21. The lowest BCUT2D eigenvalue weighted by molar-refractivity contribution is -0.121. The standard InChI is InChI=1S/C25H21FN2O4/c26-20-11-4-5-12-22(20)32-16-21(17-7-2-1-3-8-17)27-25(31)18-9-6-10-19(15-18)28-23(29)13-14-24(28)30/h1-12,15,21H,13-14,16H2,(H,27,31). The number of halogens is 1. The van der Waals surface area contributed by atoms with Crippen molar-refractivity contribution in [1.29, 1.82) is 0 Å². The zero-order valence-electron chi connectivity index (χ0n) is 17.2. The highest BCUT2D eigenvalue weighted by molar-refractivity contribution is 6.20. The number of hydrogen-bond acceptors (Lipinski definition) is 4. The summed E-state index contributed by atoms with van der Waals surface area (Å²) in [5, 5.41) is 2.90. The van der Waals surface area contributed by atoms with Crippen LogP contribution in [-0.2, 0) is 9.59 Å². The summed E-state index contributed by atoms with van der Waals surface area (Å²) in [5.74, 6) is -1.37. The Kier molecular flexibility index (Phi) is 6.26. The first-order valence-corrected chi connectivity index (χ1v) is 10.2. The summed E-state index contributed by atoms with van der Waals surface area (Å²) in [6.45, 7) is 0.0134. The largest absolute Gasteiger partial charge is 0.488 e. The van der Waals surface area contributed by atoms with Crippen LogP contribution < -0.4 is 15.0 Å². The van der Waals surface area contributed by atoms with Gasteiger partial charge in [0.2, 0.25) is 11.8 Å². The van der Waals surface area contributed by atoms with Crippen molar-refractivity contribution in [3.63, 3.8) is 0 Å². The maximum atomic E-state index is 14.0. The Balaban J connectivity index is 1.54. The zero-order chi connectivity index (χ0) is 22.5. The summed E-state index contributed by atoms with van der Waals surface area (Å²) in [6.07, 6.45) is 0.331. The number of carbonyl (C=O) groups excluding carboxylic acids is 3. The second kappa shape index (κ2) is 9.43. The van der Waals surface area contributed by atoms with E-state index < -0.39 is 17.8 Å². The minimum absolute atomic E-state index is 0.0134. The molecule has 1 atom stereocenters. The summed E-state index contributed by atoms with van der Waals surface area (Å²) >= 11 is 0. The van der Waals surface area contributed by atoms with Gasteiger partial charge in [0.15, 0.2) is 11.6 Å². The van der Waals surface area contributed by atoms with Crippen molar-refractivity contribution >= 4 is 23.4 Å². The first-order valence-electron chi connectivity index (χ1n) is 10.2. The van der Waals surface area contributed by atoms with Crippen molar-refractivity contribution in [2.75, 3.05) is 11.5 Å². The summed E-state index contributed by atoms with van der Waals surface area (Å²) < 4.78 is 19.6. The Morgan fingerprint density at radius 2 is 1.62 bits per heavy atom. The highest BCUT2D eigenvalue weighted by Crippen LogP contribution is 2.24. The van der Waals surface area contributed by atoms with Gasteiger partial charge < -0.3 is 10.1 Å². The molecule has 1 saturated heterocycles. The van der Waals surface area contributed by atoms with E-state index in [1.807, 2.05) is 30.3 Å². The normalized spacial score (nSPS) is 14.3. The monoisotopic (exact) mass is 432 g/mol. The Morgan fingerprint density at radius 1 is 0.938 bits per heavy atom. The minimum Gasteiger partial charge on any atom is -0.488 e. The fourth-order valence-corrected chi connectivity index (χ4v) is 3.53. The minimum atomic E-state index is -0.554. The van der Waals surface area contributed by atoms with Crippen molar-refractivity contribution in [3.8, 4) is 5.75 Å². The molecule has 1 aliphatic heterocycles. The second-order valence-corrected chi connectivity index (χ2v) is 7.35. The number of amides is 3. The molecule has 1 heterocycles. The molecule has 0 aliphatic carbocycles. The molecular formula is C25H21FN2O4. The first-order chi connectivity index (χ1) is 15.5. The molecule has 3 aromatic rings. The van der Waals surface area contributed by atoms with Gasteiger partial charge in [-0.2, -0.15) is 0 Å². The summed E-state index contributed by atoms with van der Waals surface area (Å²) in [6, 6.07) is 21.1. The predicted molar refractivity (Wildman–Crippen MR) is 117 cm³/mol. The fourth-order valence-electron chi connectivity index (χ4n) is 3.53. The average Bonchev–Trinajstić information content (AvgIpc) is 3.16. The molecule has 0 saturated carbocycles. The van der Waals surface area contributed by atoms with Crippen molar-refractivity contribution in [1.82, 2.24) is 5.32 Å². The van der Waals surface area contributed by atoms with E-state index in [4.69, 9.17) is 4.74 Å². The first kappa shape index (κ1) is 21.2. The van der Waals surface area contributed by atoms with E-state index in [0.717, 1.165) is 10.5 Å². The van der Waals surface area contributed by atoms with Gasteiger partial charge in [-0.1, -0.05) is 48.5 Å². The summed E-state index contributed by atoms with van der Waals surface area (Å²) in [4.78, 5) is 38.2. The topological polar surface area (TPSA) is 75.7 Å². The number of imide groups is 1. The zero-order valence-corrected chi connectivity index (χ0v) is 17.2. The van der Waals surface area contributed by atoms with Crippen molar-refractivity contribution in [2.24, 2.45) is 0 Å². The number of hydrogen-bond donors (Lipinski definition) is 1. The summed E-state index contributed by atoms with van der Waals surface area (Å²) in [5.41, 5.74) is 1.45. The van der Waals surface area contributed by atoms with Gasteiger partial charge in [-0.25, -0.2) is 4.39 Å². The maximum Gasteiger partial charge on any atom is 0.251 e. The van der Waals surface area contributed by atoms with Crippen LogP contribution in [-0.4, -0.2) is 24.3 Å². The molecule has 4 rings (SSSR count). The molecule has 162 valence electrons. The Labute approximate surface area is 184 Å². The lowest BCUT2D eigenvalue weighted by atomic mass is 10.1. The van der Waals surface area contributed by atoms with Gasteiger partial charge in [0.25, 0.3) is 5.91 Å². The fraction of sp³-hybridized carbons (Fsp3) is 0.160. The van der Waals surface area contributed by atoms with Gasteiger partial charge in [-0.05, 0) is 35.9 Å². The molecular weight excluding hydrogens is 411 g/mol. The number of ether oxygens (including phenoxy) is 1. The van der Waals surface area contributed by atoms with Crippen LogP contribution in [0.5, 0.6) is 5.75 Å². The smallest absolute Gasteiger partial charge is 0.251 e. The highest BCUT2D eigenvalue weighted by Gasteiger charge is 2.30. The number of nitrogens with zero attached hydrogens (tertiary/aromatic N) is 1. The van der Waals surface area contributed by atoms with E-state index in [9.17, 15) is 18.8 Å². The molecule has 3 aromatic carbocycles. The Hall–Kier alpha value is -4.00. The van der Waals surface area contributed by atoms with E-state index in [1.54, 1.807) is 30.3 Å². The predicted octanol–water partition coefficient (Wildman–Crippen LogP) is 4.03. The molecule has 0 radical (unpaired) electrons. The number of nitrogens with one attached hydrogen (secondary N) is 1. The van der Waals surface area contributed by atoms with E-state index >= 15 is 0 Å². The quantitative estimate of drug-likeness (QED) is 0.572. The van der Waals surface area contributed by atoms with Crippen LogP contribution in [0.4, 0.5) is 10.1 Å². The number of rotatable bonds is 7. The lowest BCUT2D eigenvalue weighted by Crippen LogP contribution is -2.33. The van der Waals surface area contributed by atoms with Gasteiger partial charge in [0.05, 0.1) is 11.7 Å². The van der Waals surface area contributed by atoms with E-state index in [2.05, 4.69) is 5.32 Å². The molecule has 32 heavy (non-hydrogen) atoms. The molecule has 6 nitrogen and oxygen atoms in total. The van der Waals surface area contributed by atoms with Gasteiger partial charge in [0.1, 0.15) is 6.61 Å². The van der Waals surface area contributed by atoms with Crippen molar-refractivity contribution in [3.05, 3.63) is 95.8 Å². The molecule has 1 aliphatic rings. The molecule has 7 heteroatoms. The van der Waals surface area contributed by atoms with Crippen LogP contribution in [0.2, 0.25) is 0 Å². The Morgan fingerprint density at radius 3 is 2.34 bits per heavy atom. The third kappa shape index (κ3) is 4.67. The molecule has 1 unspecified atom stereocenters. The molecule has 3 amide bonds. The third-order valence-corrected chi connectivity index (χ3v) is 5.17. The van der Waals surface area contributed by atoms with Crippen LogP contribution in [0.1, 0.15) is 34.8 Å². The molecule has 0 bridgehead atoms. The van der Waals surface area contributed by atoms with Crippen LogP contribution >= 0.6 is 0 Å². The number of benzene rings is 3. The van der Waals surface area contributed by atoms with E-state index in [1.165, 1.54) is 18.2 Å². The molecule has 1 N–H and O–H groups in total. The number of para-hydroxylation sites is 1. The van der Waals surface area contributed by atoms with E-state index in [-0.39, 0.29) is 37.0 Å². The molecule has 0 aromatic heterocycles. The van der Waals surface area contributed by atoms with Gasteiger partial charge in [-0.15, -0.1) is 0 Å². The highest BCUT2D eigenvalue weighted by atomic mass is 19.1. The number of carbonyl (C=O) groups is 3. The van der Waals surface area contributed by atoms with E-state index in [0.29, 0.717) is 11.3 Å². The maximum absolute atomic E-state index is 14.0.